The molecule has 2 aromatic rings. The van der Waals surface area contributed by atoms with Gasteiger partial charge in [0.2, 0.25) is 0 Å². The van der Waals surface area contributed by atoms with Gasteiger partial charge in [-0.25, -0.2) is 4.39 Å². The molecule has 0 radical (unpaired) electrons. The lowest BCUT2D eigenvalue weighted by Crippen LogP contribution is -2.24. The molecule has 0 fully saturated rings. The Labute approximate surface area is 121 Å². The van der Waals surface area contributed by atoms with Crippen LogP contribution >= 0.6 is 11.3 Å². The molecule has 0 aliphatic heterocycles. The van der Waals surface area contributed by atoms with E-state index in [-0.39, 0.29) is 11.7 Å². The summed E-state index contributed by atoms with van der Waals surface area (Å²) in [5.41, 5.74) is 8.00. The molecule has 0 aliphatic carbocycles. The summed E-state index contributed by atoms with van der Waals surface area (Å²) in [5.74, 6) is -0.466. The number of benzene rings is 1. The van der Waals surface area contributed by atoms with Crippen molar-refractivity contribution in [2.45, 2.75) is 20.3 Å². The van der Waals surface area contributed by atoms with E-state index in [9.17, 15) is 9.18 Å². The van der Waals surface area contributed by atoms with Crippen LogP contribution in [0.25, 0.3) is 10.4 Å². The summed E-state index contributed by atoms with van der Waals surface area (Å²) in [6.07, 6.45) is 0.867. The summed E-state index contributed by atoms with van der Waals surface area (Å²) in [4.78, 5) is 12.9. The molecule has 0 saturated heterocycles. The molecule has 2 rings (SSSR count). The molecule has 0 saturated carbocycles. The van der Waals surface area contributed by atoms with Gasteiger partial charge >= 0.3 is 0 Å². The third-order valence-electron chi connectivity index (χ3n) is 3.02. The lowest BCUT2D eigenvalue weighted by atomic mass is 10.1. The van der Waals surface area contributed by atoms with Crippen LogP contribution in [0.4, 0.5) is 9.39 Å². The fraction of sp³-hybridized carbons (Fsp3) is 0.267. The Balaban J connectivity index is 2.41. The summed E-state index contributed by atoms with van der Waals surface area (Å²) >= 11 is 1.31. The normalized spacial score (nSPS) is 10.6. The number of nitrogens with one attached hydrogen (secondary N) is 1. The Kier molecular flexibility index (Phi) is 4.39. The summed E-state index contributed by atoms with van der Waals surface area (Å²) in [7, 11) is 0. The minimum absolute atomic E-state index is 0.166. The minimum atomic E-state index is -0.300. The Morgan fingerprint density at radius 1 is 1.45 bits per heavy atom. The molecule has 1 amide bonds. The predicted octanol–water partition coefficient (Wildman–Crippen LogP) is 3.58. The maximum Gasteiger partial charge on any atom is 0.254 e. The standard InChI is InChI=1S/C15H17FN2OS/c1-3-7-18-15(19)12-9(2)13(20-14(12)17)10-5-4-6-11(16)8-10/h4-6,8H,3,7,17H2,1-2H3,(H,18,19). The summed E-state index contributed by atoms with van der Waals surface area (Å²) in [5, 5.41) is 3.29. The Hall–Kier alpha value is -1.88. The first-order valence-corrected chi connectivity index (χ1v) is 7.29. The number of carbonyl (C=O) groups excluding carboxylic acids is 1. The predicted molar refractivity (Wildman–Crippen MR) is 81.5 cm³/mol. The average Bonchev–Trinajstić information content (AvgIpc) is 2.71. The maximum atomic E-state index is 13.3. The average molecular weight is 292 g/mol. The number of nitrogens with two attached hydrogens (primary N) is 1. The van der Waals surface area contributed by atoms with Gasteiger partial charge < -0.3 is 11.1 Å². The summed E-state index contributed by atoms with van der Waals surface area (Å²) in [6, 6.07) is 6.31. The first-order valence-electron chi connectivity index (χ1n) is 6.47. The molecular weight excluding hydrogens is 275 g/mol. The van der Waals surface area contributed by atoms with Crippen molar-refractivity contribution < 1.29 is 9.18 Å². The topological polar surface area (TPSA) is 55.1 Å². The van der Waals surface area contributed by atoms with Crippen LogP contribution < -0.4 is 11.1 Å². The van der Waals surface area contributed by atoms with E-state index in [0.29, 0.717) is 17.1 Å². The molecule has 1 heterocycles. The molecule has 0 unspecified atom stereocenters. The molecular formula is C15H17FN2OS. The van der Waals surface area contributed by atoms with E-state index in [4.69, 9.17) is 5.73 Å². The van der Waals surface area contributed by atoms with Gasteiger partial charge in [0, 0.05) is 11.4 Å². The van der Waals surface area contributed by atoms with Gasteiger partial charge in [-0.1, -0.05) is 19.1 Å². The lowest BCUT2D eigenvalue weighted by Gasteiger charge is -2.05. The molecule has 1 aromatic carbocycles. The largest absolute Gasteiger partial charge is 0.390 e. The van der Waals surface area contributed by atoms with E-state index in [0.717, 1.165) is 22.4 Å². The van der Waals surface area contributed by atoms with E-state index >= 15 is 0 Å². The molecule has 0 spiro atoms. The molecule has 3 nitrogen and oxygen atoms in total. The monoisotopic (exact) mass is 292 g/mol. The van der Waals surface area contributed by atoms with Crippen LogP contribution in [0.5, 0.6) is 0 Å². The van der Waals surface area contributed by atoms with Crippen molar-refractivity contribution >= 4 is 22.2 Å². The molecule has 5 heteroatoms. The molecule has 106 valence electrons. The van der Waals surface area contributed by atoms with Crippen LogP contribution in [0.2, 0.25) is 0 Å². The van der Waals surface area contributed by atoms with Gasteiger partial charge in [-0.15, -0.1) is 11.3 Å². The first-order chi connectivity index (χ1) is 9.54. The lowest BCUT2D eigenvalue weighted by molar-refractivity contribution is 0.0954. The minimum Gasteiger partial charge on any atom is -0.390 e. The van der Waals surface area contributed by atoms with Gasteiger partial charge in [0.25, 0.3) is 5.91 Å². The number of nitrogen functional groups attached to an aromatic ring is 1. The van der Waals surface area contributed by atoms with Crippen LogP contribution in [0.15, 0.2) is 24.3 Å². The number of hydrogen-bond donors (Lipinski definition) is 2. The fourth-order valence-electron chi connectivity index (χ4n) is 2.05. The van der Waals surface area contributed by atoms with Crippen molar-refractivity contribution in [3.05, 3.63) is 41.2 Å². The van der Waals surface area contributed by atoms with E-state index < -0.39 is 0 Å². The Morgan fingerprint density at radius 3 is 2.85 bits per heavy atom. The van der Waals surface area contributed by atoms with Crippen molar-refractivity contribution in [3.63, 3.8) is 0 Å². The van der Waals surface area contributed by atoms with E-state index in [1.807, 2.05) is 19.9 Å². The maximum absolute atomic E-state index is 13.3. The fourth-order valence-corrected chi connectivity index (χ4v) is 3.12. The van der Waals surface area contributed by atoms with Crippen LogP contribution in [0.3, 0.4) is 0 Å². The number of rotatable bonds is 4. The second-order valence-electron chi connectivity index (χ2n) is 4.56. The van der Waals surface area contributed by atoms with Crippen molar-refractivity contribution in [2.75, 3.05) is 12.3 Å². The van der Waals surface area contributed by atoms with Crippen molar-refractivity contribution in [1.82, 2.24) is 5.32 Å². The second kappa shape index (κ2) is 6.05. The van der Waals surface area contributed by atoms with E-state index in [1.54, 1.807) is 6.07 Å². The van der Waals surface area contributed by atoms with E-state index in [2.05, 4.69) is 5.32 Å². The highest BCUT2D eigenvalue weighted by molar-refractivity contribution is 7.19. The highest BCUT2D eigenvalue weighted by atomic mass is 32.1. The zero-order valence-electron chi connectivity index (χ0n) is 11.5. The van der Waals surface area contributed by atoms with Crippen molar-refractivity contribution in [3.8, 4) is 10.4 Å². The number of anilines is 1. The third-order valence-corrected chi connectivity index (χ3v) is 4.19. The first kappa shape index (κ1) is 14.5. The van der Waals surface area contributed by atoms with Gasteiger partial charge in [-0.05, 0) is 36.6 Å². The molecule has 20 heavy (non-hydrogen) atoms. The number of carbonyl (C=O) groups is 1. The smallest absolute Gasteiger partial charge is 0.254 e. The van der Waals surface area contributed by atoms with Crippen molar-refractivity contribution in [1.29, 1.82) is 0 Å². The Bertz CT molecular complexity index is 637. The quantitative estimate of drug-likeness (QED) is 0.905. The second-order valence-corrected chi connectivity index (χ2v) is 5.61. The highest BCUT2D eigenvalue weighted by Gasteiger charge is 2.20. The number of thiophene rings is 1. The number of hydrogen-bond acceptors (Lipinski definition) is 3. The SMILES string of the molecule is CCCNC(=O)c1c(N)sc(-c2cccc(F)c2)c1C. The summed E-state index contributed by atoms with van der Waals surface area (Å²) in [6.45, 7) is 4.44. The molecule has 0 aliphatic rings. The third kappa shape index (κ3) is 2.82. The molecule has 0 bridgehead atoms. The van der Waals surface area contributed by atoms with Gasteiger partial charge in [0.05, 0.1) is 10.6 Å². The zero-order chi connectivity index (χ0) is 14.7. The molecule has 3 N–H and O–H groups in total. The van der Waals surface area contributed by atoms with Crippen LogP contribution in [-0.2, 0) is 0 Å². The number of halogens is 1. The summed E-state index contributed by atoms with van der Waals surface area (Å²) < 4.78 is 13.3. The van der Waals surface area contributed by atoms with Gasteiger partial charge in [-0.2, -0.15) is 0 Å². The van der Waals surface area contributed by atoms with Gasteiger partial charge in [0.15, 0.2) is 0 Å². The van der Waals surface area contributed by atoms with Crippen molar-refractivity contribution in [2.24, 2.45) is 0 Å². The molecule has 1 aromatic heterocycles. The van der Waals surface area contributed by atoms with Gasteiger partial charge in [-0.3, -0.25) is 4.79 Å². The Morgan fingerprint density at radius 2 is 2.20 bits per heavy atom. The highest BCUT2D eigenvalue weighted by Crippen LogP contribution is 2.38. The van der Waals surface area contributed by atoms with Crippen LogP contribution in [0, 0.1) is 12.7 Å². The van der Waals surface area contributed by atoms with Gasteiger partial charge in [0.1, 0.15) is 5.82 Å². The molecule has 0 atom stereocenters. The van der Waals surface area contributed by atoms with Crippen LogP contribution in [-0.4, -0.2) is 12.5 Å². The number of amides is 1. The van der Waals surface area contributed by atoms with Crippen LogP contribution in [0.1, 0.15) is 29.3 Å². The van der Waals surface area contributed by atoms with E-state index in [1.165, 1.54) is 23.5 Å². The zero-order valence-corrected chi connectivity index (χ0v) is 12.3.